The van der Waals surface area contributed by atoms with Crippen LogP contribution in [0.25, 0.3) is 0 Å². The first-order valence-corrected chi connectivity index (χ1v) is 5.98. The number of benzene rings is 1. The SMILES string of the molecule is CCCN(CC(=O)NC)c1c(F)cccc1C(=O)O. The molecule has 0 spiro atoms. The Labute approximate surface area is 111 Å². The third-order valence-electron chi connectivity index (χ3n) is 2.64. The third-order valence-corrected chi connectivity index (χ3v) is 2.64. The maximum absolute atomic E-state index is 13.9. The quantitative estimate of drug-likeness (QED) is 0.820. The summed E-state index contributed by atoms with van der Waals surface area (Å²) < 4.78 is 13.9. The van der Waals surface area contributed by atoms with E-state index < -0.39 is 11.8 Å². The van der Waals surface area contributed by atoms with Crippen molar-refractivity contribution in [2.75, 3.05) is 25.0 Å². The lowest BCUT2D eigenvalue weighted by Gasteiger charge is -2.25. The second kappa shape index (κ2) is 6.72. The molecule has 0 saturated heterocycles. The zero-order valence-corrected chi connectivity index (χ0v) is 10.9. The summed E-state index contributed by atoms with van der Waals surface area (Å²) in [5.74, 6) is -2.15. The second-order valence-corrected chi connectivity index (χ2v) is 4.04. The van der Waals surface area contributed by atoms with Crippen LogP contribution in [0.2, 0.25) is 0 Å². The number of anilines is 1. The largest absolute Gasteiger partial charge is 0.478 e. The smallest absolute Gasteiger partial charge is 0.337 e. The molecule has 1 aromatic rings. The zero-order chi connectivity index (χ0) is 14.4. The van der Waals surface area contributed by atoms with E-state index >= 15 is 0 Å². The lowest BCUT2D eigenvalue weighted by molar-refractivity contribution is -0.119. The van der Waals surface area contributed by atoms with E-state index in [2.05, 4.69) is 5.32 Å². The van der Waals surface area contributed by atoms with Gasteiger partial charge in [0.15, 0.2) is 0 Å². The Morgan fingerprint density at radius 1 is 1.42 bits per heavy atom. The van der Waals surface area contributed by atoms with E-state index in [0.717, 1.165) is 0 Å². The molecule has 0 saturated carbocycles. The van der Waals surface area contributed by atoms with Crippen LogP contribution in [0, 0.1) is 5.82 Å². The molecule has 0 bridgehead atoms. The van der Waals surface area contributed by atoms with Gasteiger partial charge in [-0.25, -0.2) is 9.18 Å². The van der Waals surface area contributed by atoms with Crippen molar-refractivity contribution in [3.63, 3.8) is 0 Å². The fourth-order valence-corrected chi connectivity index (χ4v) is 1.80. The van der Waals surface area contributed by atoms with Gasteiger partial charge in [0, 0.05) is 13.6 Å². The van der Waals surface area contributed by atoms with E-state index in [1.54, 1.807) is 0 Å². The molecule has 0 aliphatic carbocycles. The Morgan fingerprint density at radius 3 is 2.63 bits per heavy atom. The zero-order valence-electron chi connectivity index (χ0n) is 10.9. The van der Waals surface area contributed by atoms with Crippen molar-refractivity contribution in [3.05, 3.63) is 29.6 Å². The maximum atomic E-state index is 13.9. The predicted molar refractivity (Wildman–Crippen MR) is 69.9 cm³/mol. The number of nitrogens with zero attached hydrogens (tertiary/aromatic N) is 1. The number of carbonyl (C=O) groups excluding carboxylic acids is 1. The molecule has 1 amide bonds. The van der Waals surface area contributed by atoms with E-state index in [9.17, 15) is 14.0 Å². The third kappa shape index (κ3) is 3.67. The Bertz CT molecular complexity index is 477. The molecule has 19 heavy (non-hydrogen) atoms. The van der Waals surface area contributed by atoms with Crippen LogP contribution in [0.15, 0.2) is 18.2 Å². The molecule has 0 atom stereocenters. The summed E-state index contributed by atoms with van der Waals surface area (Å²) >= 11 is 0. The Balaban J connectivity index is 3.20. The van der Waals surface area contributed by atoms with Gasteiger partial charge in [0.2, 0.25) is 5.91 Å². The molecule has 1 aromatic carbocycles. The highest BCUT2D eigenvalue weighted by Crippen LogP contribution is 2.24. The van der Waals surface area contributed by atoms with Crippen LogP contribution in [0.3, 0.4) is 0 Å². The minimum absolute atomic E-state index is 0.0412. The van der Waals surface area contributed by atoms with E-state index in [0.29, 0.717) is 13.0 Å². The first kappa shape index (κ1) is 14.9. The molecular weight excluding hydrogens is 251 g/mol. The van der Waals surface area contributed by atoms with Gasteiger partial charge in [-0.3, -0.25) is 4.79 Å². The van der Waals surface area contributed by atoms with Crippen molar-refractivity contribution in [1.29, 1.82) is 0 Å². The van der Waals surface area contributed by atoms with E-state index in [-0.39, 0.29) is 23.7 Å². The number of carboxylic acids is 1. The van der Waals surface area contributed by atoms with E-state index in [1.165, 1.54) is 30.1 Å². The number of para-hydroxylation sites is 1. The highest BCUT2D eigenvalue weighted by atomic mass is 19.1. The highest BCUT2D eigenvalue weighted by Gasteiger charge is 2.21. The molecule has 0 aliphatic heterocycles. The van der Waals surface area contributed by atoms with Gasteiger partial charge < -0.3 is 15.3 Å². The minimum atomic E-state index is -1.22. The number of hydrogen-bond acceptors (Lipinski definition) is 3. The van der Waals surface area contributed by atoms with Crippen molar-refractivity contribution in [1.82, 2.24) is 5.32 Å². The van der Waals surface area contributed by atoms with Crippen LogP contribution in [0.4, 0.5) is 10.1 Å². The van der Waals surface area contributed by atoms with Gasteiger partial charge in [-0.1, -0.05) is 13.0 Å². The molecule has 0 radical (unpaired) electrons. The van der Waals surface area contributed by atoms with Crippen LogP contribution < -0.4 is 10.2 Å². The van der Waals surface area contributed by atoms with Gasteiger partial charge >= 0.3 is 5.97 Å². The van der Waals surface area contributed by atoms with Gasteiger partial charge in [-0.2, -0.15) is 0 Å². The van der Waals surface area contributed by atoms with Crippen molar-refractivity contribution < 1.29 is 19.1 Å². The topological polar surface area (TPSA) is 69.6 Å². The summed E-state index contributed by atoms with van der Waals surface area (Å²) in [6.07, 6.45) is 0.671. The number of likely N-dealkylation sites (N-methyl/N-ethyl adjacent to an activating group) is 1. The molecule has 0 heterocycles. The second-order valence-electron chi connectivity index (χ2n) is 4.04. The number of carbonyl (C=O) groups is 2. The number of rotatable bonds is 6. The van der Waals surface area contributed by atoms with E-state index in [4.69, 9.17) is 5.11 Å². The van der Waals surface area contributed by atoms with Crippen molar-refractivity contribution in [3.8, 4) is 0 Å². The maximum Gasteiger partial charge on any atom is 0.337 e. The lowest BCUT2D eigenvalue weighted by Crippen LogP contribution is -2.37. The summed E-state index contributed by atoms with van der Waals surface area (Å²) in [4.78, 5) is 24.0. The first-order valence-electron chi connectivity index (χ1n) is 5.98. The van der Waals surface area contributed by atoms with Crippen molar-refractivity contribution >= 4 is 17.6 Å². The molecule has 6 heteroatoms. The summed E-state index contributed by atoms with van der Waals surface area (Å²) in [7, 11) is 1.48. The van der Waals surface area contributed by atoms with Crippen molar-refractivity contribution in [2.24, 2.45) is 0 Å². The van der Waals surface area contributed by atoms with Crippen LogP contribution in [-0.4, -0.2) is 37.1 Å². The van der Waals surface area contributed by atoms with Crippen LogP contribution in [-0.2, 0) is 4.79 Å². The molecule has 1 rings (SSSR count). The molecule has 0 unspecified atom stereocenters. The number of nitrogens with one attached hydrogen (secondary N) is 1. The molecule has 0 aliphatic rings. The first-order chi connectivity index (χ1) is 9.01. The van der Waals surface area contributed by atoms with Gasteiger partial charge in [-0.05, 0) is 18.6 Å². The minimum Gasteiger partial charge on any atom is -0.478 e. The molecule has 0 fully saturated rings. The normalized spacial score (nSPS) is 10.1. The highest BCUT2D eigenvalue weighted by molar-refractivity contribution is 5.95. The van der Waals surface area contributed by atoms with Crippen molar-refractivity contribution in [2.45, 2.75) is 13.3 Å². The summed E-state index contributed by atoms with van der Waals surface area (Å²) in [6, 6.07) is 3.86. The van der Waals surface area contributed by atoms with Gasteiger partial charge in [0.05, 0.1) is 17.8 Å². The fraction of sp³-hybridized carbons (Fsp3) is 0.385. The molecule has 5 nitrogen and oxygen atoms in total. The monoisotopic (exact) mass is 268 g/mol. The number of amides is 1. The summed E-state index contributed by atoms with van der Waals surface area (Å²) in [5, 5.41) is 11.5. The molecule has 104 valence electrons. The Hall–Kier alpha value is -2.11. The number of halogens is 1. The van der Waals surface area contributed by atoms with Gasteiger partial charge in [-0.15, -0.1) is 0 Å². The number of hydrogen-bond donors (Lipinski definition) is 2. The van der Waals surface area contributed by atoms with Crippen LogP contribution in [0.1, 0.15) is 23.7 Å². The molecule has 0 aromatic heterocycles. The Morgan fingerprint density at radius 2 is 2.11 bits per heavy atom. The molecule has 2 N–H and O–H groups in total. The number of aromatic carboxylic acids is 1. The summed E-state index contributed by atoms with van der Waals surface area (Å²) in [5.41, 5.74) is -0.183. The van der Waals surface area contributed by atoms with Gasteiger partial charge in [0.1, 0.15) is 5.82 Å². The average molecular weight is 268 g/mol. The standard InChI is InChI=1S/C13H17FN2O3/c1-3-7-16(8-11(17)15-2)12-9(13(18)19)5-4-6-10(12)14/h4-6H,3,7-8H2,1-2H3,(H,15,17)(H,18,19). The fourth-order valence-electron chi connectivity index (χ4n) is 1.80. The van der Waals surface area contributed by atoms with Crippen LogP contribution >= 0.6 is 0 Å². The van der Waals surface area contributed by atoms with E-state index in [1.807, 2.05) is 6.92 Å². The molecular formula is C13H17FN2O3. The predicted octanol–water partition coefficient (Wildman–Crippen LogP) is 1.49. The lowest BCUT2D eigenvalue weighted by atomic mass is 10.1. The summed E-state index contributed by atoms with van der Waals surface area (Å²) in [6.45, 7) is 2.19. The Kier molecular flexibility index (Phi) is 5.29. The van der Waals surface area contributed by atoms with Crippen LogP contribution in [0.5, 0.6) is 0 Å². The number of carboxylic acid groups (broad SMARTS) is 1. The average Bonchev–Trinajstić information content (AvgIpc) is 2.37. The van der Waals surface area contributed by atoms with Gasteiger partial charge in [0.25, 0.3) is 0 Å².